The normalized spacial score (nSPS) is 30.4. The Kier molecular flexibility index (Phi) is 28.1. The maximum atomic E-state index is 3.50. The van der Waals surface area contributed by atoms with Crippen LogP contribution in [0.5, 0.6) is 0 Å². The van der Waals surface area contributed by atoms with Crippen molar-refractivity contribution < 1.29 is 21.7 Å². The monoisotopic (exact) mass is 320 g/mol. The van der Waals surface area contributed by atoms with Crippen molar-refractivity contribution in [2.24, 2.45) is 29.6 Å². The number of hydrogen-bond donors (Lipinski definition) is 0. The molecule has 20 heavy (non-hydrogen) atoms. The third kappa shape index (κ3) is 13.6. The molecule has 0 saturated heterocycles. The minimum absolute atomic E-state index is 0. The minimum atomic E-state index is 0. The molecule has 1 rings (SSSR count). The van der Waals surface area contributed by atoms with Gasteiger partial charge in [0.15, 0.2) is 0 Å². The first-order chi connectivity index (χ1) is 8.80. The summed E-state index contributed by atoms with van der Waals surface area (Å²) in [6.07, 6.45) is 0. The molecule has 0 heterocycles. The van der Waals surface area contributed by atoms with E-state index in [0.717, 1.165) is 29.6 Å². The van der Waals surface area contributed by atoms with Crippen LogP contribution in [0.25, 0.3) is 16.0 Å². The van der Waals surface area contributed by atoms with E-state index in [9.17, 15) is 0 Å². The predicted octanol–water partition coefficient (Wildman–Crippen LogP) is 5.04. The summed E-state index contributed by atoms with van der Waals surface area (Å²) < 4.78 is 0. The van der Waals surface area contributed by atoms with Gasteiger partial charge in [-0.3, -0.25) is 0 Å². The molecule has 0 aliphatic heterocycles. The molecule has 0 aromatic rings. The Morgan fingerprint density at radius 1 is 0.400 bits per heavy atom. The molecule has 0 aromatic heterocycles. The summed E-state index contributed by atoms with van der Waals surface area (Å²) in [5.74, 6) is 4.68. The second-order valence-corrected chi connectivity index (χ2v) is 5.64. The van der Waals surface area contributed by atoms with Crippen LogP contribution >= 0.6 is 0 Å². The molecule has 1 aliphatic carbocycles. The third-order valence-corrected chi connectivity index (χ3v) is 4.15. The second kappa shape index (κ2) is 19.6. The molecule has 3 nitrogen and oxygen atoms in total. The Balaban J connectivity index is -0.000000108. The molecule has 0 aromatic carbocycles. The van der Waals surface area contributed by atoms with Gasteiger partial charge in [-0.2, -0.15) is 42.3 Å². The topological polar surface area (TPSA) is 42.3 Å². The standard InChI is InChI=1S/C10H20.3C2H6N.Ti/c1-6-7(2)9(4)10(5)8(6)3;3*1-3-2;/h6-10H,1-5H3;3*1-2H3;/q;3*-1;+3. The zero-order valence-corrected chi connectivity index (χ0v) is 17.3. The van der Waals surface area contributed by atoms with E-state index in [4.69, 9.17) is 0 Å². The third-order valence-electron chi connectivity index (χ3n) is 4.15. The van der Waals surface area contributed by atoms with Gasteiger partial charge >= 0.3 is 21.7 Å². The molecule has 0 amide bonds. The Labute approximate surface area is 144 Å². The van der Waals surface area contributed by atoms with Gasteiger partial charge in [-0.05, 0) is 29.6 Å². The quantitative estimate of drug-likeness (QED) is 0.561. The van der Waals surface area contributed by atoms with Crippen LogP contribution in [0.2, 0.25) is 0 Å². The Bertz CT molecular complexity index is 118. The van der Waals surface area contributed by atoms with E-state index in [1.54, 1.807) is 42.3 Å². The smallest absolute Gasteiger partial charge is 0.668 e. The van der Waals surface area contributed by atoms with Crippen molar-refractivity contribution in [1.29, 1.82) is 0 Å². The molecule has 1 fully saturated rings. The maximum absolute atomic E-state index is 3.50. The number of nitrogens with zero attached hydrogens (tertiary/aromatic N) is 3. The van der Waals surface area contributed by atoms with Crippen LogP contribution in [-0.4, -0.2) is 42.3 Å². The zero-order valence-electron chi connectivity index (χ0n) is 15.7. The second-order valence-electron chi connectivity index (χ2n) is 5.64. The van der Waals surface area contributed by atoms with Gasteiger partial charge in [0, 0.05) is 0 Å². The SMILES string of the molecule is CC1C(C)C(C)C(C)C1C.C[N-]C.C[N-]C.C[N-]C.[Ti+3]. The van der Waals surface area contributed by atoms with Crippen LogP contribution < -0.4 is 0 Å². The number of rotatable bonds is 0. The Morgan fingerprint density at radius 3 is 0.500 bits per heavy atom. The molecule has 0 bridgehead atoms. The summed E-state index contributed by atoms with van der Waals surface area (Å²) in [6, 6.07) is 0. The van der Waals surface area contributed by atoms with E-state index < -0.39 is 0 Å². The van der Waals surface area contributed by atoms with E-state index in [2.05, 4.69) is 50.6 Å². The first kappa shape index (κ1) is 28.7. The summed E-state index contributed by atoms with van der Waals surface area (Å²) in [5.41, 5.74) is 0. The van der Waals surface area contributed by atoms with Crippen molar-refractivity contribution in [3.63, 3.8) is 0 Å². The van der Waals surface area contributed by atoms with Crippen molar-refractivity contribution in [3.05, 3.63) is 16.0 Å². The maximum Gasteiger partial charge on any atom is 3.00 e. The Hall–Kier alpha value is 0.594. The fraction of sp³-hybridized carbons (Fsp3) is 1.00. The average Bonchev–Trinajstić information content (AvgIpc) is 2.51. The van der Waals surface area contributed by atoms with Crippen molar-refractivity contribution >= 4 is 0 Å². The molecule has 0 N–H and O–H groups in total. The molecule has 1 aliphatic rings. The molecular formula is C16H38N3Ti. The fourth-order valence-electron chi connectivity index (χ4n) is 2.39. The zero-order chi connectivity index (χ0) is 16.0. The minimum Gasteiger partial charge on any atom is -0.668 e. The molecular weight excluding hydrogens is 282 g/mol. The van der Waals surface area contributed by atoms with Gasteiger partial charge in [0.1, 0.15) is 0 Å². The van der Waals surface area contributed by atoms with E-state index in [1.807, 2.05) is 0 Å². The van der Waals surface area contributed by atoms with Crippen LogP contribution in [-0.2, 0) is 21.7 Å². The van der Waals surface area contributed by atoms with Crippen LogP contribution in [0.3, 0.4) is 0 Å². The van der Waals surface area contributed by atoms with Crippen LogP contribution in [0.4, 0.5) is 0 Å². The van der Waals surface area contributed by atoms with Gasteiger partial charge in [0.05, 0.1) is 0 Å². The molecule has 0 unspecified atom stereocenters. The van der Waals surface area contributed by atoms with E-state index in [-0.39, 0.29) is 21.7 Å². The molecule has 1 saturated carbocycles. The van der Waals surface area contributed by atoms with E-state index >= 15 is 0 Å². The van der Waals surface area contributed by atoms with Gasteiger partial charge in [0.25, 0.3) is 0 Å². The van der Waals surface area contributed by atoms with E-state index in [1.165, 1.54) is 0 Å². The van der Waals surface area contributed by atoms with E-state index in [0.29, 0.717) is 0 Å². The summed E-state index contributed by atoms with van der Waals surface area (Å²) >= 11 is 0. The first-order valence-corrected chi connectivity index (χ1v) is 7.24. The van der Waals surface area contributed by atoms with Gasteiger partial charge in [-0.25, -0.2) is 0 Å². The largest absolute Gasteiger partial charge is 3.00 e. The van der Waals surface area contributed by atoms with Crippen molar-refractivity contribution in [3.8, 4) is 0 Å². The molecule has 4 heteroatoms. The summed E-state index contributed by atoms with van der Waals surface area (Å²) in [4.78, 5) is 0. The number of hydrogen-bond acceptors (Lipinski definition) is 0. The molecule has 0 atom stereocenters. The summed E-state index contributed by atoms with van der Waals surface area (Å²) in [7, 11) is 10.5. The molecule has 0 spiro atoms. The Morgan fingerprint density at radius 2 is 0.450 bits per heavy atom. The van der Waals surface area contributed by atoms with Crippen LogP contribution in [0, 0.1) is 29.6 Å². The van der Waals surface area contributed by atoms with Gasteiger partial charge < -0.3 is 16.0 Å². The van der Waals surface area contributed by atoms with Crippen molar-refractivity contribution in [2.45, 2.75) is 34.6 Å². The summed E-state index contributed by atoms with van der Waals surface area (Å²) in [6.45, 7) is 12.0. The van der Waals surface area contributed by atoms with Crippen molar-refractivity contribution in [1.82, 2.24) is 0 Å². The molecule has 121 valence electrons. The summed E-state index contributed by atoms with van der Waals surface area (Å²) in [5, 5.41) is 10.5. The van der Waals surface area contributed by atoms with Gasteiger partial charge in [-0.15, -0.1) is 0 Å². The average molecular weight is 320 g/mol. The van der Waals surface area contributed by atoms with Crippen molar-refractivity contribution in [2.75, 3.05) is 42.3 Å². The predicted molar refractivity (Wildman–Crippen MR) is 91.4 cm³/mol. The van der Waals surface area contributed by atoms with Gasteiger partial charge in [0.2, 0.25) is 0 Å². The fourth-order valence-corrected chi connectivity index (χ4v) is 2.39. The van der Waals surface area contributed by atoms with Gasteiger partial charge in [-0.1, -0.05) is 34.6 Å². The van der Waals surface area contributed by atoms with Crippen LogP contribution in [0.1, 0.15) is 34.6 Å². The van der Waals surface area contributed by atoms with Crippen LogP contribution in [0.15, 0.2) is 0 Å². The molecule has 1 radical (unpaired) electrons. The first-order valence-electron chi connectivity index (χ1n) is 7.24.